The molecular weight excluding hydrogens is 252 g/mol. The maximum absolute atomic E-state index is 10.7. The summed E-state index contributed by atoms with van der Waals surface area (Å²) in [5.41, 5.74) is 0. The molecule has 1 rings (SSSR count). The average Bonchev–Trinajstić information content (AvgIpc) is 2.07. The Morgan fingerprint density at radius 1 is 1.43 bits per heavy atom. The lowest BCUT2D eigenvalue weighted by atomic mass is 9.87. The molecule has 3 atom stereocenters. The van der Waals surface area contributed by atoms with E-state index in [-0.39, 0.29) is 22.8 Å². The first-order chi connectivity index (χ1) is 6.50. The molecular formula is C9H13BrO4. The first kappa shape index (κ1) is 11.5. The molecule has 0 spiro atoms. The molecule has 5 heteroatoms. The normalized spacial score (nSPS) is 32.3. The minimum atomic E-state index is -0.804. The largest absolute Gasteiger partial charge is 0.481 e. The fraction of sp³-hybridized carbons (Fsp3) is 0.778. The van der Waals surface area contributed by atoms with Crippen molar-refractivity contribution < 1.29 is 19.4 Å². The first-order valence-corrected chi connectivity index (χ1v) is 5.46. The molecule has 1 aliphatic carbocycles. The van der Waals surface area contributed by atoms with E-state index >= 15 is 0 Å². The van der Waals surface area contributed by atoms with Crippen LogP contribution in [0.3, 0.4) is 0 Å². The number of aliphatic carboxylic acids is 1. The zero-order valence-corrected chi connectivity index (χ0v) is 9.49. The minimum absolute atomic E-state index is 0.0852. The van der Waals surface area contributed by atoms with Crippen molar-refractivity contribution in [3.8, 4) is 0 Å². The van der Waals surface area contributed by atoms with Crippen LogP contribution in [0.2, 0.25) is 0 Å². The molecule has 0 heterocycles. The summed E-state index contributed by atoms with van der Waals surface area (Å²) in [5, 5.41) is 8.82. The number of ether oxygens (including phenoxy) is 1. The summed E-state index contributed by atoms with van der Waals surface area (Å²) in [6, 6.07) is 0. The molecule has 1 aliphatic rings. The van der Waals surface area contributed by atoms with E-state index in [1.807, 2.05) is 0 Å². The molecule has 1 fully saturated rings. The van der Waals surface area contributed by atoms with Crippen molar-refractivity contribution in [2.24, 2.45) is 5.92 Å². The topological polar surface area (TPSA) is 63.6 Å². The molecule has 0 aliphatic heterocycles. The second-order valence-corrected chi connectivity index (χ2v) is 4.69. The third-order valence-electron chi connectivity index (χ3n) is 2.38. The number of alkyl halides is 1. The molecule has 0 aromatic heterocycles. The maximum Gasteiger partial charge on any atom is 0.306 e. The van der Waals surface area contributed by atoms with Crippen LogP contribution in [0.25, 0.3) is 0 Å². The van der Waals surface area contributed by atoms with Gasteiger partial charge in [-0.05, 0) is 19.3 Å². The third kappa shape index (κ3) is 2.97. The molecule has 1 N–H and O–H groups in total. The van der Waals surface area contributed by atoms with Crippen LogP contribution < -0.4 is 0 Å². The summed E-state index contributed by atoms with van der Waals surface area (Å²) in [4.78, 5) is 21.6. The van der Waals surface area contributed by atoms with Gasteiger partial charge in [-0.1, -0.05) is 15.9 Å². The van der Waals surface area contributed by atoms with Gasteiger partial charge in [0, 0.05) is 6.92 Å². The van der Waals surface area contributed by atoms with Crippen LogP contribution in [-0.4, -0.2) is 28.0 Å². The van der Waals surface area contributed by atoms with Crippen LogP contribution in [0.15, 0.2) is 0 Å². The Bertz CT molecular complexity index is 241. The van der Waals surface area contributed by atoms with Crippen LogP contribution in [0, 0.1) is 5.92 Å². The fourth-order valence-electron chi connectivity index (χ4n) is 1.65. The lowest BCUT2D eigenvalue weighted by molar-refractivity contribution is -0.153. The molecule has 0 saturated heterocycles. The molecule has 14 heavy (non-hydrogen) atoms. The van der Waals surface area contributed by atoms with Crippen molar-refractivity contribution in [3.63, 3.8) is 0 Å². The Labute approximate surface area is 90.8 Å². The van der Waals surface area contributed by atoms with E-state index in [4.69, 9.17) is 9.84 Å². The number of esters is 1. The second kappa shape index (κ2) is 4.77. The lowest BCUT2D eigenvalue weighted by Gasteiger charge is -2.30. The number of halogens is 1. The predicted molar refractivity (Wildman–Crippen MR) is 53.2 cm³/mol. The van der Waals surface area contributed by atoms with Gasteiger partial charge in [0.1, 0.15) is 6.10 Å². The highest BCUT2D eigenvalue weighted by atomic mass is 79.9. The molecule has 4 nitrogen and oxygen atoms in total. The first-order valence-electron chi connectivity index (χ1n) is 4.54. The highest BCUT2D eigenvalue weighted by Crippen LogP contribution is 2.31. The van der Waals surface area contributed by atoms with Crippen LogP contribution in [0.5, 0.6) is 0 Å². The van der Waals surface area contributed by atoms with Gasteiger partial charge in [-0.2, -0.15) is 0 Å². The smallest absolute Gasteiger partial charge is 0.306 e. The quantitative estimate of drug-likeness (QED) is 0.608. The van der Waals surface area contributed by atoms with E-state index in [0.717, 1.165) is 6.42 Å². The van der Waals surface area contributed by atoms with Crippen molar-refractivity contribution in [2.45, 2.75) is 37.1 Å². The van der Waals surface area contributed by atoms with Crippen LogP contribution in [0.1, 0.15) is 26.2 Å². The molecule has 0 aromatic rings. The number of carbonyl (C=O) groups excluding carboxylic acids is 1. The Morgan fingerprint density at radius 3 is 2.57 bits per heavy atom. The van der Waals surface area contributed by atoms with Gasteiger partial charge in [0.25, 0.3) is 0 Å². The lowest BCUT2D eigenvalue weighted by Crippen LogP contribution is -2.36. The highest BCUT2D eigenvalue weighted by Gasteiger charge is 2.34. The minimum Gasteiger partial charge on any atom is -0.481 e. The predicted octanol–water partition coefficient (Wildman–Crippen LogP) is 1.57. The third-order valence-corrected chi connectivity index (χ3v) is 3.43. The van der Waals surface area contributed by atoms with Gasteiger partial charge in [0.2, 0.25) is 0 Å². The molecule has 0 bridgehead atoms. The Morgan fingerprint density at radius 2 is 2.07 bits per heavy atom. The molecule has 0 aromatic carbocycles. The van der Waals surface area contributed by atoms with Crippen molar-refractivity contribution in [1.29, 1.82) is 0 Å². The van der Waals surface area contributed by atoms with Gasteiger partial charge in [0.05, 0.1) is 10.7 Å². The maximum atomic E-state index is 10.7. The van der Waals surface area contributed by atoms with Crippen LogP contribution >= 0.6 is 15.9 Å². The van der Waals surface area contributed by atoms with Crippen molar-refractivity contribution >= 4 is 27.9 Å². The Balaban J connectivity index is 2.55. The van der Waals surface area contributed by atoms with Crippen molar-refractivity contribution in [2.75, 3.05) is 0 Å². The summed E-state index contributed by atoms with van der Waals surface area (Å²) in [6.45, 7) is 1.34. The number of hydrogen-bond donors (Lipinski definition) is 1. The molecule has 0 unspecified atom stereocenters. The van der Waals surface area contributed by atoms with E-state index in [0.29, 0.717) is 12.8 Å². The highest BCUT2D eigenvalue weighted by molar-refractivity contribution is 9.09. The monoisotopic (exact) mass is 264 g/mol. The summed E-state index contributed by atoms with van der Waals surface area (Å²) >= 11 is 3.39. The fourth-order valence-corrected chi connectivity index (χ4v) is 2.24. The molecule has 80 valence electrons. The molecule has 0 amide bonds. The Hall–Kier alpha value is -0.580. The SMILES string of the molecule is CC(=O)O[C@@H]1C[C@H](C(=O)O)CC[C@H]1Br. The van der Waals surface area contributed by atoms with E-state index < -0.39 is 5.97 Å². The number of hydrogen-bond acceptors (Lipinski definition) is 3. The van der Waals surface area contributed by atoms with E-state index in [1.165, 1.54) is 6.92 Å². The van der Waals surface area contributed by atoms with E-state index in [9.17, 15) is 9.59 Å². The van der Waals surface area contributed by atoms with E-state index in [1.54, 1.807) is 0 Å². The summed E-state index contributed by atoms with van der Waals surface area (Å²) in [5.74, 6) is -1.54. The summed E-state index contributed by atoms with van der Waals surface area (Å²) in [7, 11) is 0. The van der Waals surface area contributed by atoms with Gasteiger partial charge in [0.15, 0.2) is 0 Å². The van der Waals surface area contributed by atoms with E-state index in [2.05, 4.69) is 15.9 Å². The summed E-state index contributed by atoms with van der Waals surface area (Å²) < 4.78 is 5.03. The zero-order chi connectivity index (χ0) is 10.7. The average molecular weight is 265 g/mol. The van der Waals surface area contributed by atoms with Crippen molar-refractivity contribution in [3.05, 3.63) is 0 Å². The number of carboxylic acids is 1. The summed E-state index contributed by atoms with van der Waals surface area (Å²) in [6.07, 6.45) is 1.48. The molecule has 0 radical (unpaired) electrons. The van der Waals surface area contributed by atoms with Crippen LogP contribution in [0.4, 0.5) is 0 Å². The van der Waals surface area contributed by atoms with Gasteiger partial charge < -0.3 is 9.84 Å². The van der Waals surface area contributed by atoms with Crippen molar-refractivity contribution in [1.82, 2.24) is 0 Å². The number of rotatable bonds is 2. The second-order valence-electron chi connectivity index (χ2n) is 3.51. The Kier molecular flexibility index (Phi) is 3.92. The zero-order valence-electron chi connectivity index (χ0n) is 7.90. The van der Waals surface area contributed by atoms with Gasteiger partial charge in [-0.15, -0.1) is 0 Å². The van der Waals surface area contributed by atoms with Gasteiger partial charge in [-0.3, -0.25) is 9.59 Å². The molecule has 1 saturated carbocycles. The van der Waals surface area contributed by atoms with Crippen LogP contribution in [-0.2, 0) is 14.3 Å². The van der Waals surface area contributed by atoms with Gasteiger partial charge >= 0.3 is 11.9 Å². The van der Waals surface area contributed by atoms with Gasteiger partial charge in [-0.25, -0.2) is 0 Å². The number of carbonyl (C=O) groups is 2. The standard InChI is InChI=1S/C9H13BrO4/c1-5(11)14-8-4-6(9(12)13)2-3-7(8)10/h6-8H,2-4H2,1H3,(H,12,13)/t6-,7-,8-/m1/s1. The number of carboxylic acid groups (broad SMARTS) is 1.